The van der Waals surface area contributed by atoms with E-state index in [2.05, 4.69) is 20.1 Å². The summed E-state index contributed by atoms with van der Waals surface area (Å²) in [6.45, 7) is 5.01. The van der Waals surface area contributed by atoms with Gasteiger partial charge in [0.2, 0.25) is 5.16 Å². The standard InChI is InChI=1S/C24H22ClN5O3S/c1-15-11-20(16(2)29(15)12-19-13-32-22-5-3-4-6-23(22)33-19)21(31)14-34-24-26-27-28-30(24)18-9-7-17(25)8-10-18/h3-11,19H,12-14H2,1-2H3/t19-/m1/s1. The number of ketones is 1. The Morgan fingerprint density at radius 2 is 1.91 bits per heavy atom. The SMILES string of the molecule is Cc1cc(C(=O)CSc2nnnn2-c2ccc(Cl)cc2)c(C)n1C[C@@H]1COc2ccccc2O1. The summed E-state index contributed by atoms with van der Waals surface area (Å²) in [7, 11) is 0. The minimum Gasteiger partial charge on any atom is -0.486 e. The Kier molecular flexibility index (Phi) is 6.30. The zero-order chi connectivity index (χ0) is 23.7. The van der Waals surface area contributed by atoms with Crippen LogP contribution in [0.3, 0.4) is 0 Å². The van der Waals surface area contributed by atoms with Crippen LogP contribution in [0.1, 0.15) is 21.7 Å². The summed E-state index contributed by atoms with van der Waals surface area (Å²) < 4.78 is 15.6. The van der Waals surface area contributed by atoms with Crippen LogP contribution < -0.4 is 9.47 Å². The lowest BCUT2D eigenvalue weighted by Crippen LogP contribution is -2.33. The molecule has 1 atom stereocenters. The molecule has 0 saturated heterocycles. The molecule has 34 heavy (non-hydrogen) atoms. The predicted molar refractivity (Wildman–Crippen MR) is 129 cm³/mol. The maximum Gasteiger partial charge on any atom is 0.214 e. The number of ether oxygens (including phenoxy) is 2. The summed E-state index contributed by atoms with van der Waals surface area (Å²) in [5, 5.41) is 13.0. The highest BCUT2D eigenvalue weighted by Crippen LogP contribution is 2.32. The van der Waals surface area contributed by atoms with E-state index in [-0.39, 0.29) is 17.6 Å². The van der Waals surface area contributed by atoms with Crippen LogP contribution in [0.2, 0.25) is 5.02 Å². The summed E-state index contributed by atoms with van der Waals surface area (Å²) in [6.07, 6.45) is -0.138. The third-order valence-corrected chi connectivity index (χ3v) is 6.84. The number of para-hydroxylation sites is 2. The van der Waals surface area contributed by atoms with E-state index in [9.17, 15) is 4.79 Å². The van der Waals surface area contributed by atoms with E-state index in [4.69, 9.17) is 21.1 Å². The minimum atomic E-state index is -0.138. The van der Waals surface area contributed by atoms with Crippen LogP contribution in [0.4, 0.5) is 0 Å². The Morgan fingerprint density at radius 3 is 2.71 bits per heavy atom. The molecule has 2 aromatic carbocycles. The third-order valence-electron chi connectivity index (χ3n) is 5.67. The molecule has 3 heterocycles. The quantitative estimate of drug-likeness (QED) is 0.274. The molecule has 1 aliphatic heterocycles. The number of fused-ring (bicyclic) bond motifs is 1. The van der Waals surface area contributed by atoms with Crippen LogP contribution in [0.25, 0.3) is 5.69 Å². The largest absolute Gasteiger partial charge is 0.486 e. The van der Waals surface area contributed by atoms with E-state index in [1.165, 1.54) is 11.8 Å². The Labute approximate surface area is 205 Å². The van der Waals surface area contributed by atoms with Crippen LogP contribution in [0.15, 0.2) is 59.8 Å². The first-order valence-corrected chi connectivity index (χ1v) is 12.1. The number of hydrogen-bond acceptors (Lipinski definition) is 7. The van der Waals surface area contributed by atoms with Crippen molar-refractivity contribution < 1.29 is 14.3 Å². The molecule has 174 valence electrons. The van der Waals surface area contributed by atoms with Gasteiger partial charge in [-0.2, -0.15) is 4.68 Å². The second-order valence-electron chi connectivity index (χ2n) is 7.95. The molecule has 0 N–H and O–H groups in total. The van der Waals surface area contributed by atoms with E-state index in [1.807, 2.05) is 56.3 Å². The van der Waals surface area contributed by atoms with Crippen molar-refractivity contribution >= 4 is 29.1 Å². The minimum absolute atomic E-state index is 0.0150. The number of carbonyl (C=O) groups is 1. The zero-order valence-corrected chi connectivity index (χ0v) is 20.2. The molecule has 4 aromatic rings. The fraction of sp³-hybridized carbons (Fsp3) is 0.250. The lowest BCUT2D eigenvalue weighted by molar-refractivity contribution is 0.0777. The number of tetrazole rings is 1. The van der Waals surface area contributed by atoms with E-state index in [0.717, 1.165) is 28.6 Å². The molecular formula is C24H22ClN5O3S. The Morgan fingerprint density at radius 1 is 1.15 bits per heavy atom. The molecule has 2 aromatic heterocycles. The maximum atomic E-state index is 13.1. The van der Waals surface area contributed by atoms with Crippen molar-refractivity contribution in [2.75, 3.05) is 12.4 Å². The van der Waals surface area contributed by atoms with E-state index in [0.29, 0.717) is 28.9 Å². The van der Waals surface area contributed by atoms with Crippen molar-refractivity contribution in [3.8, 4) is 17.2 Å². The lowest BCUT2D eigenvalue weighted by Gasteiger charge is -2.27. The highest BCUT2D eigenvalue weighted by Gasteiger charge is 2.24. The molecule has 0 fully saturated rings. The molecule has 0 saturated carbocycles. The number of Topliss-reactive ketones (excluding diaryl/α,β-unsaturated/α-hetero) is 1. The Bertz CT molecular complexity index is 1330. The number of benzene rings is 2. The summed E-state index contributed by atoms with van der Waals surface area (Å²) >= 11 is 7.27. The number of halogens is 1. The summed E-state index contributed by atoms with van der Waals surface area (Å²) in [4.78, 5) is 13.1. The number of carbonyl (C=O) groups excluding carboxylic acids is 1. The lowest BCUT2D eigenvalue weighted by atomic mass is 10.2. The van der Waals surface area contributed by atoms with E-state index >= 15 is 0 Å². The van der Waals surface area contributed by atoms with Gasteiger partial charge in [-0.15, -0.1) is 5.10 Å². The van der Waals surface area contributed by atoms with E-state index < -0.39 is 0 Å². The van der Waals surface area contributed by atoms with Gasteiger partial charge < -0.3 is 14.0 Å². The van der Waals surface area contributed by atoms with Gasteiger partial charge in [-0.05, 0) is 66.7 Å². The number of hydrogen-bond donors (Lipinski definition) is 0. The number of thioether (sulfide) groups is 1. The molecule has 0 radical (unpaired) electrons. The Balaban J connectivity index is 1.27. The molecule has 0 amide bonds. The van der Waals surface area contributed by atoms with Crippen molar-refractivity contribution in [2.45, 2.75) is 31.7 Å². The number of rotatable bonds is 7. The maximum absolute atomic E-state index is 13.1. The van der Waals surface area contributed by atoms with Crippen molar-refractivity contribution in [3.05, 3.63) is 76.6 Å². The number of aryl methyl sites for hydroxylation is 1. The van der Waals surface area contributed by atoms with Crippen molar-refractivity contribution in [1.82, 2.24) is 24.8 Å². The van der Waals surface area contributed by atoms with Gasteiger partial charge in [-0.25, -0.2) is 0 Å². The average molecular weight is 496 g/mol. The molecule has 8 nitrogen and oxygen atoms in total. The molecule has 0 unspecified atom stereocenters. The van der Waals surface area contributed by atoms with Gasteiger partial charge in [0, 0.05) is 22.0 Å². The second-order valence-corrected chi connectivity index (χ2v) is 9.33. The smallest absolute Gasteiger partial charge is 0.214 e. The predicted octanol–water partition coefficient (Wildman–Crippen LogP) is 4.55. The third kappa shape index (κ3) is 4.53. The molecule has 0 aliphatic carbocycles. The van der Waals surface area contributed by atoms with Gasteiger partial charge in [0.1, 0.15) is 6.61 Å². The van der Waals surface area contributed by atoms with E-state index in [1.54, 1.807) is 16.8 Å². The first-order chi connectivity index (χ1) is 16.5. The summed E-state index contributed by atoms with van der Waals surface area (Å²) in [6, 6.07) is 16.8. The summed E-state index contributed by atoms with van der Waals surface area (Å²) in [5.74, 6) is 1.73. The van der Waals surface area contributed by atoms with Crippen LogP contribution in [0, 0.1) is 13.8 Å². The van der Waals surface area contributed by atoms with Gasteiger partial charge in [0.05, 0.1) is 18.0 Å². The van der Waals surface area contributed by atoms with Crippen molar-refractivity contribution in [3.63, 3.8) is 0 Å². The highest BCUT2D eigenvalue weighted by molar-refractivity contribution is 7.99. The highest BCUT2D eigenvalue weighted by atomic mass is 35.5. The molecule has 10 heteroatoms. The first-order valence-electron chi connectivity index (χ1n) is 10.7. The van der Waals surface area contributed by atoms with Crippen LogP contribution in [-0.4, -0.2) is 49.0 Å². The van der Waals surface area contributed by atoms with Gasteiger partial charge >= 0.3 is 0 Å². The van der Waals surface area contributed by atoms with Gasteiger partial charge in [-0.3, -0.25) is 4.79 Å². The van der Waals surface area contributed by atoms with Crippen LogP contribution in [0.5, 0.6) is 11.5 Å². The topological polar surface area (TPSA) is 84.1 Å². The molecule has 0 spiro atoms. The van der Waals surface area contributed by atoms with Gasteiger partial charge in [-0.1, -0.05) is 35.5 Å². The molecule has 5 rings (SSSR count). The molecule has 1 aliphatic rings. The van der Waals surface area contributed by atoms with Crippen LogP contribution >= 0.6 is 23.4 Å². The van der Waals surface area contributed by atoms with Crippen molar-refractivity contribution in [1.29, 1.82) is 0 Å². The van der Waals surface area contributed by atoms with Crippen molar-refractivity contribution in [2.24, 2.45) is 0 Å². The number of aromatic nitrogens is 5. The monoisotopic (exact) mass is 495 g/mol. The first kappa shape index (κ1) is 22.5. The van der Waals surface area contributed by atoms with Crippen LogP contribution in [-0.2, 0) is 6.54 Å². The average Bonchev–Trinajstić information content (AvgIpc) is 3.43. The second kappa shape index (κ2) is 9.52. The normalized spacial score (nSPS) is 14.9. The fourth-order valence-corrected chi connectivity index (χ4v) is 4.84. The fourth-order valence-electron chi connectivity index (χ4n) is 3.94. The summed E-state index contributed by atoms with van der Waals surface area (Å²) in [5.41, 5.74) is 3.37. The molecule has 0 bridgehead atoms. The molecular weight excluding hydrogens is 474 g/mol. The van der Waals surface area contributed by atoms with Gasteiger partial charge in [0.25, 0.3) is 0 Å². The van der Waals surface area contributed by atoms with Gasteiger partial charge in [0.15, 0.2) is 23.4 Å². The number of nitrogens with zero attached hydrogens (tertiary/aromatic N) is 5. The Hall–Kier alpha value is -3.30. The zero-order valence-electron chi connectivity index (χ0n) is 18.6.